The molecule has 0 aliphatic carbocycles. The van der Waals surface area contributed by atoms with Crippen LogP contribution >= 0.6 is 0 Å². The van der Waals surface area contributed by atoms with Crippen molar-refractivity contribution in [3.05, 3.63) is 65.7 Å². The molecular formula is C17H13NO3. The summed E-state index contributed by atoms with van der Waals surface area (Å²) in [7, 11) is 0. The van der Waals surface area contributed by atoms with Crippen molar-refractivity contribution in [1.82, 2.24) is 0 Å². The van der Waals surface area contributed by atoms with E-state index >= 15 is 0 Å². The molecule has 104 valence electrons. The zero-order valence-corrected chi connectivity index (χ0v) is 11.2. The van der Waals surface area contributed by atoms with E-state index in [0.717, 1.165) is 16.8 Å². The maximum atomic E-state index is 12.6. The second-order valence-corrected chi connectivity index (χ2v) is 5.38. The van der Waals surface area contributed by atoms with Crippen LogP contribution in [0.3, 0.4) is 0 Å². The van der Waals surface area contributed by atoms with Gasteiger partial charge in [-0.3, -0.25) is 9.59 Å². The summed E-state index contributed by atoms with van der Waals surface area (Å²) < 4.78 is 5.56. The average molecular weight is 279 g/mol. The lowest BCUT2D eigenvalue weighted by Crippen LogP contribution is -2.38. The average Bonchev–Trinajstić information content (AvgIpc) is 3.00. The molecule has 2 atom stereocenters. The summed E-state index contributed by atoms with van der Waals surface area (Å²) >= 11 is 0. The van der Waals surface area contributed by atoms with Crippen LogP contribution in [-0.2, 0) is 19.9 Å². The van der Waals surface area contributed by atoms with Gasteiger partial charge in [-0.1, -0.05) is 48.5 Å². The van der Waals surface area contributed by atoms with Gasteiger partial charge in [-0.2, -0.15) is 0 Å². The molecule has 1 N–H and O–H groups in total. The normalized spacial score (nSPS) is 26.6. The van der Waals surface area contributed by atoms with Gasteiger partial charge in [0, 0.05) is 17.2 Å². The van der Waals surface area contributed by atoms with E-state index in [2.05, 4.69) is 5.32 Å². The quantitative estimate of drug-likeness (QED) is 0.816. The zero-order valence-electron chi connectivity index (χ0n) is 11.2. The Hall–Kier alpha value is -2.62. The van der Waals surface area contributed by atoms with Gasteiger partial charge in [0.25, 0.3) is 5.91 Å². The number of benzene rings is 2. The third-order valence-corrected chi connectivity index (χ3v) is 4.25. The van der Waals surface area contributed by atoms with E-state index in [1.165, 1.54) is 0 Å². The van der Waals surface area contributed by atoms with E-state index in [0.29, 0.717) is 0 Å². The van der Waals surface area contributed by atoms with Crippen LogP contribution in [0.2, 0.25) is 0 Å². The number of nitrogens with one attached hydrogen (secondary N) is 1. The Morgan fingerprint density at radius 1 is 1.00 bits per heavy atom. The number of carbonyl (C=O) groups is 2. The lowest BCUT2D eigenvalue weighted by atomic mass is 9.78. The van der Waals surface area contributed by atoms with Crippen molar-refractivity contribution in [2.45, 2.75) is 17.9 Å². The predicted octanol–water partition coefficient (Wildman–Crippen LogP) is 2.56. The molecule has 0 aromatic heterocycles. The molecule has 4 nitrogen and oxygen atoms in total. The SMILES string of the molecule is O=C1C[C@H](c2ccccc2)[C@@]2(O1)C(=O)Nc1ccccc12. The van der Waals surface area contributed by atoms with Crippen molar-refractivity contribution >= 4 is 17.6 Å². The highest BCUT2D eigenvalue weighted by molar-refractivity contribution is 6.08. The first-order chi connectivity index (χ1) is 10.2. The number of amides is 1. The Kier molecular flexibility index (Phi) is 2.42. The molecule has 0 saturated carbocycles. The molecule has 21 heavy (non-hydrogen) atoms. The number of hydrogen-bond donors (Lipinski definition) is 1. The molecular weight excluding hydrogens is 266 g/mol. The van der Waals surface area contributed by atoms with Crippen molar-refractivity contribution in [2.75, 3.05) is 5.32 Å². The van der Waals surface area contributed by atoms with Gasteiger partial charge in [-0.05, 0) is 11.6 Å². The lowest BCUT2D eigenvalue weighted by Gasteiger charge is -2.27. The molecule has 1 saturated heterocycles. The second kappa shape index (κ2) is 4.19. The Bertz CT molecular complexity index is 741. The molecule has 2 aliphatic rings. The number of carbonyl (C=O) groups excluding carboxylic acids is 2. The van der Waals surface area contributed by atoms with E-state index in [1.807, 2.05) is 54.6 Å². The minimum Gasteiger partial charge on any atom is -0.443 e. The van der Waals surface area contributed by atoms with Crippen molar-refractivity contribution in [1.29, 1.82) is 0 Å². The Labute approximate surface area is 121 Å². The highest BCUT2D eigenvalue weighted by Gasteiger charge is 2.60. The fourth-order valence-corrected chi connectivity index (χ4v) is 3.34. The van der Waals surface area contributed by atoms with Gasteiger partial charge in [0.1, 0.15) is 0 Å². The van der Waals surface area contributed by atoms with Crippen LogP contribution < -0.4 is 5.32 Å². The van der Waals surface area contributed by atoms with Crippen LogP contribution in [0.1, 0.15) is 23.5 Å². The van der Waals surface area contributed by atoms with E-state index < -0.39 is 5.60 Å². The first-order valence-electron chi connectivity index (χ1n) is 6.89. The Morgan fingerprint density at radius 3 is 2.52 bits per heavy atom. The Morgan fingerprint density at radius 2 is 1.71 bits per heavy atom. The third-order valence-electron chi connectivity index (χ3n) is 4.25. The summed E-state index contributed by atoms with van der Waals surface area (Å²) in [6, 6.07) is 17.0. The zero-order chi connectivity index (χ0) is 14.4. The highest BCUT2D eigenvalue weighted by Crippen LogP contribution is 2.53. The van der Waals surface area contributed by atoms with Crippen LogP contribution in [0.25, 0.3) is 0 Å². The predicted molar refractivity (Wildman–Crippen MR) is 76.6 cm³/mol. The fraction of sp³-hybridized carbons (Fsp3) is 0.176. The summed E-state index contributed by atoms with van der Waals surface area (Å²) in [6.45, 7) is 0. The molecule has 0 radical (unpaired) electrons. The number of hydrogen-bond acceptors (Lipinski definition) is 3. The standard InChI is InChI=1S/C17H13NO3/c19-15-10-13(11-6-2-1-3-7-11)17(21-15)12-8-4-5-9-14(12)18-16(17)20/h1-9,13H,10H2,(H,18,20)/t13-,17-/m1/s1. The van der Waals surface area contributed by atoms with E-state index in [-0.39, 0.29) is 24.2 Å². The summed E-state index contributed by atoms with van der Waals surface area (Å²) in [5, 5.41) is 2.83. The number of para-hydroxylation sites is 1. The largest absolute Gasteiger partial charge is 0.443 e. The maximum Gasteiger partial charge on any atom is 0.308 e. The van der Waals surface area contributed by atoms with Crippen LogP contribution in [0.15, 0.2) is 54.6 Å². The number of rotatable bonds is 1. The molecule has 2 aromatic carbocycles. The van der Waals surface area contributed by atoms with Gasteiger partial charge in [0.15, 0.2) is 0 Å². The lowest BCUT2D eigenvalue weighted by molar-refractivity contribution is -0.156. The van der Waals surface area contributed by atoms with Crippen LogP contribution in [0, 0.1) is 0 Å². The topological polar surface area (TPSA) is 55.4 Å². The first kappa shape index (κ1) is 12.1. The molecule has 2 aliphatic heterocycles. The van der Waals surface area contributed by atoms with Crippen LogP contribution in [0.5, 0.6) is 0 Å². The van der Waals surface area contributed by atoms with E-state index in [4.69, 9.17) is 4.74 Å². The molecule has 1 fully saturated rings. The van der Waals surface area contributed by atoms with Crippen molar-refractivity contribution in [3.8, 4) is 0 Å². The van der Waals surface area contributed by atoms with Gasteiger partial charge >= 0.3 is 5.97 Å². The van der Waals surface area contributed by atoms with E-state index in [9.17, 15) is 9.59 Å². The molecule has 2 aromatic rings. The number of ether oxygens (including phenoxy) is 1. The first-order valence-corrected chi connectivity index (χ1v) is 6.89. The number of anilines is 1. The summed E-state index contributed by atoms with van der Waals surface area (Å²) in [4.78, 5) is 24.5. The van der Waals surface area contributed by atoms with Gasteiger partial charge in [-0.15, -0.1) is 0 Å². The smallest absolute Gasteiger partial charge is 0.308 e. The summed E-state index contributed by atoms with van der Waals surface area (Å²) in [5.41, 5.74) is 1.18. The Balaban J connectivity index is 1.93. The van der Waals surface area contributed by atoms with E-state index in [1.54, 1.807) is 0 Å². The van der Waals surface area contributed by atoms with Crippen LogP contribution in [0.4, 0.5) is 5.69 Å². The van der Waals surface area contributed by atoms with Gasteiger partial charge in [0.05, 0.1) is 6.42 Å². The maximum absolute atomic E-state index is 12.6. The number of esters is 1. The van der Waals surface area contributed by atoms with Crippen LogP contribution in [-0.4, -0.2) is 11.9 Å². The van der Waals surface area contributed by atoms with Gasteiger partial charge in [-0.25, -0.2) is 0 Å². The molecule has 0 unspecified atom stereocenters. The monoisotopic (exact) mass is 279 g/mol. The fourth-order valence-electron chi connectivity index (χ4n) is 3.34. The molecule has 1 spiro atoms. The molecule has 4 heteroatoms. The molecule has 2 heterocycles. The summed E-state index contributed by atoms with van der Waals surface area (Å²) in [6.07, 6.45) is 0.214. The minimum absolute atomic E-state index is 0.214. The van der Waals surface area contributed by atoms with Crippen molar-refractivity contribution in [3.63, 3.8) is 0 Å². The van der Waals surface area contributed by atoms with Crippen molar-refractivity contribution in [2.24, 2.45) is 0 Å². The second-order valence-electron chi connectivity index (χ2n) is 5.38. The van der Waals surface area contributed by atoms with Gasteiger partial charge < -0.3 is 10.1 Å². The highest BCUT2D eigenvalue weighted by atomic mass is 16.6. The molecule has 0 bridgehead atoms. The minimum atomic E-state index is -1.23. The molecule has 1 amide bonds. The summed E-state index contributed by atoms with van der Waals surface area (Å²) in [5.74, 6) is -0.894. The number of fused-ring (bicyclic) bond motifs is 2. The van der Waals surface area contributed by atoms with Gasteiger partial charge in [0.2, 0.25) is 5.60 Å². The molecule has 4 rings (SSSR count). The third kappa shape index (κ3) is 1.56. The van der Waals surface area contributed by atoms with Crippen molar-refractivity contribution < 1.29 is 14.3 Å².